The molecule has 0 saturated heterocycles. The lowest BCUT2D eigenvalue weighted by atomic mass is 9.77. The highest BCUT2D eigenvalue weighted by Gasteiger charge is 2.38. The number of non-ortho nitro benzene ring substituents is 1. The second kappa shape index (κ2) is 5.39. The molecule has 3 atom stereocenters. The fourth-order valence-corrected chi connectivity index (χ4v) is 3.97. The molecule has 0 spiro atoms. The van der Waals surface area contributed by atoms with Crippen LogP contribution in [0.5, 0.6) is 0 Å². The number of rotatable bonds is 2. The number of benzene rings is 2. The Bertz CT molecular complexity index is 818. The van der Waals surface area contributed by atoms with Crippen molar-refractivity contribution in [2.24, 2.45) is 5.92 Å². The number of hydrogen-bond donors (Lipinski definition) is 1. The first-order valence-corrected chi connectivity index (χ1v) is 7.99. The Labute approximate surface area is 138 Å². The van der Waals surface area contributed by atoms with Crippen LogP contribution in [0.15, 0.2) is 54.6 Å². The molecular formula is C18H15ClN2O2. The third kappa shape index (κ3) is 2.30. The van der Waals surface area contributed by atoms with Gasteiger partial charge in [-0.25, -0.2) is 0 Å². The van der Waals surface area contributed by atoms with E-state index in [1.165, 1.54) is 11.6 Å². The quantitative estimate of drug-likeness (QED) is 0.476. The van der Waals surface area contributed by atoms with Crippen molar-refractivity contribution in [3.8, 4) is 0 Å². The summed E-state index contributed by atoms with van der Waals surface area (Å²) in [7, 11) is 0. The Kier molecular flexibility index (Phi) is 3.34. The van der Waals surface area contributed by atoms with Gasteiger partial charge in [-0.3, -0.25) is 10.1 Å². The van der Waals surface area contributed by atoms with E-state index in [2.05, 4.69) is 29.6 Å². The Morgan fingerprint density at radius 3 is 2.83 bits per heavy atom. The van der Waals surface area contributed by atoms with E-state index >= 15 is 0 Å². The van der Waals surface area contributed by atoms with E-state index in [4.69, 9.17) is 11.6 Å². The van der Waals surface area contributed by atoms with Crippen molar-refractivity contribution < 1.29 is 4.92 Å². The van der Waals surface area contributed by atoms with Gasteiger partial charge in [-0.2, -0.15) is 0 Å². The summed E-state index contributed by atoms with van der Waals surface area (Å²) >= 11 is 6.37. The molecular weight excluding hydrogens is 312 g/mol. The number of nitro groups is 1. The highest BCUT2D eigenvalue weighted by atomic mass is 35.5. The van der Waals surface area contributed by atoms with Crippen LogP contribution in [0, 0.1) is 16.0 Å². The number of fused-ring (bicyclic) bond motifs is 3. The number of para-hydroxylation sites is 1. The summed E-state index contributed by atoms with van der Waals surface area (Å²) in [4.78, 5) is 10.7. The third-order valence-electron chi connectivity index (χ3n) is 4.80. The first-order valence-electron chi connectivity index (χ1n) is 7.61. The second-order valence-corrected chi connectivity index (χ2v) is 6.43. The van der Waals surface area contributed by atoms with Crippen LogP contribution in [0.2, 0.25) is 5.02 Å². The summed E-state index contributed by atoms with van der Waals surface area (Å²) in [5.74, 6) is 0.650. The average Bonchev–Trinajstić information content (AvgIpc) is 3.04. The molecule has 2 aromatic carbocycles. The normalized spacial score (nSPS) is 24.7. The minimum Gasteiger partial charge on any atom is -0.378 e. The fourth-order valence-electron chi connectivity index (χ4n) is 3.73. The Balaban J connectivity index is 1.81. The van der Waals surface area contributed by atoms with Crippen molar-refractivity contribution in [3.63, 3.8) is 0 Å². The van der Waals surface area contributed by atoms with Crippen molar-refractivity contribution in [2.45, 2.75) is 18.4 Å². The fraction of sp³-hybridized carbons (Fsp3) is 0.222. The van der Waals surface area contributed by atoms with E-state index in [1.54, 1.807) is 12.1 Å². The number of nitrogens with one attached hydrogen (secondary N) is 1. The molecule has 1 aliphatic carbocycles. The van der Waals surface area contributed by atoms with Crippen LogP contribution in [-0.2, 0) is 0 Å². The van der Waals surface area contributed by atoms with Crippen molar-refractivity contribution in [1.29, 1.82) is 0 Å². The maximum Gasteiger partial charge on any atom is 0.269 e. The van der Waals surface area contributed by atoms with Gasteiger partial charge in [-0.05, 0) is 30.0 Å². The molecule has 116 valence electrons. The SMILES string of the molecule is O=[N+]([O-])c1ccc(Cl)c([C@@H]2Nc3ccccc3[C@H]3C=CC[C@@H]32)c1. The summed E-state index contributed by atoms with van der Waals surface area (Å²) in [6.45, 7) is 0. The topological polar surface area (TPSA) is 55.2 Å². The summed E-state index contributed by atoms with van der Waals surface area (Å²) < 4.78 is 0. The first-order chi connectivity index (χ1) is 11.1. The van der Waals surface area contributed by atoms with E-state index in [0.717, 1.165) is 17.7 Å². The van der Waals surface area contributed by atoms with Gasteiger partial charge >= 0.3 is 0 Å². The van der Waals surface area contributed by atoms with Crippen molar-refractivity contribution in [2.75, 3.05) is 5.32 Å². The van der Waals surface area contributed by atoms with Gasteiger partial charge in [0.1, 0.15) is 0 Å². The second-order valence-electron chi connectivity index (χ2n) is 6.03. The summed E-state index contributed by atoms with van der Waals surface area (Å²) in [6, 6.07) is 12.9. The Hall–Kier alpha value is -2.33. The van der Waals surface area contributed by atoms with Crippen molar-refractivity contribution >= 4 is 23.0 Å². The summed E-state index contributed by atoms with van der Waals surface area (Å²) in [6.07, 6.45) is 5.37. The molecule has 0 saturated carbocycles. The van der Waals surface area contributed by atoms with Crippen LogP contribution >= 0.6 is 11.6 Å². The van der Waals surface area contributed by atoms with Gasteiger partial charge in [0, 0.05) is 34.3 Å². The monoisotopic (exact) mass is 326 g/mol. The minimum atomic E-state index is -0.374. The zero-order valence-electron chi connectivity index (χ0n) is 12.3. The van der Waals surface area contributed by atoms with Crippen LogP contribution in [-0.4, -0.2) is 4.92 Å². The lowest BCUT2D eigenvalue weighted by molar-refractivity contribution is -0.384. The van der Waals surface area contributed by atoms with Crippen LogP contribution in [0.3, 0.4) is 0 Å². The standard InChI is InChI=1S/C18H15ClN2O2/c19-16-9-8-11(21(22)23)10-15(16)18-14-6-3-5-12(14)13-4-1-2-7-17(13)20-18/h1-5,7-10,12,14,18,20H,6H2/t12-,14+,18-/m1/s1. The van der Waals surface area contributed by atoms with Gasteiger partial charge in [0.05, 0.1) is 11.0 Å². The number of nitro benzene ring substituents is 1. The Morgan fingerprint density at radius 1 is 1.17 bits per heavy atom. The van der Waals surface area contributed by atoms with Crippen LogP contribution in [0.4, 0.5) is 11.4 Å². The summed E-state index contributed by atoms with van der Waals surface area (Å²) in [5, 5.41) is 15.2. The molecule has 4 nitrogen and oxygen atoms in total. The zero-order chi connectivity index (χ0) is 16.0. The smallest absolute Gasteiger partial charge is 0.269 e. The highest BCUT2D eigenvalue weighted by Crippen LogP contribution is 2.50. The van der Waals surface area contributed by atoms with Gasteiger partial charge in [0.25, 0.3) is 5.69 Å². The molecule has 23 heavy (non-hydrogen) atoms. The highest BCUT2D eigenvalue weighted by molar-refractivity contribution is 6.31. The lowest BCUT2D eigenvalue weighted by Gasteiger charge is -2.37. The maximum atomic E-state index is 11.1. The number of halogens is 1. The number of allylic oxidation sites excluding steroid dienone is 2. The van der Waals surface area contributed by atoms with Gasteiger partial charge < -0.3 is 5.32 Å². The molecule has 0 unspecified atom stereocenters. The molecule has 0 bridgehead atoms. The summed E-state index contributed by atoms with van der Waals surface area (Å²) in [5.41, 5.74) is 3.23. The van der Waals surface area contributed by atoms with Gasteiger partial charge in [-0.1, -0.05) is 42.0 Å². The van der Waals surface area contributed by atoms with Crippen molar-refractivity contribution in [3.05, 3.63) is 80.9 Å². The lowest BCUT2D eigenvalue weighted by Crippen LogP contribution is -2.29. The molecule has 1 heterocycles. The minimum absolute atomic E-state index is 0.0303. The first kappa shape index (κ1) is 14.3. The number of hydrogen-bond acceptors (Lipinski definition) is 3. The predicted octanol–water partition coefficient (Wildman–Crippen LogP) is 5.07. The molecule has 0 fully saturated rings. The van der Waals surface area contributed by atoms with E-state index < -0.39 is 0 Å². The molecule has 0 radical (unpaired) electrons. The van der Waals surface area contributed by atoms with E-state index in [9.17, 15) is 10.1 Å². The molecule has 4 rings (SSSR count). The molecule has 5 heteroatoms. The van der Waals surface area contributed by atoms with Gasteiger partial charge in [0.15, 0.2) is 0 Å². The Morgan fingerprint density at radius 2 is 2.00 bits per heavy atom. The molecule has 2 aliphatic rings. The number of anilines is 1. The molecule has 0 amide bonds. The van der Waals surface area contributed by atoms with Gasteiger partial charge in [-0.15, -0.1) is 0 Å². The van der Waals surface area contributed by atoms with Crippen molar-refractivity contribution in [1.82, 2.24) is 0 Å². The number of nitrogens with zero attached hydrogens (tertiary/aromatic N) is 1. The van der Waals surface area contributed by atoms with E-state index in [-0.39, 0.29) is 16.7 Å². The zero-order valence-corrected chi connectivity index (χ0v) is 13.0. The van der Waals surface area contributed by atoms with E-state index in [0.29, 0.717) is 16.9 Å². The predicted molar refractivity (Wildman–Crippen MR) is 90.9 cm³/mol. The van der Waals surface area contributed by atoms with Crippen LogP contribution < -0.4 is 5.32 Å². The largest absolute Gasteiger partial charge is 0.378 e. The maximum absolute atomic E-state index is 11.1. The van der Waals surface area contributed by atoms with Crippen LogP contribution in [0.25, 0.3) is 0 Å². The van der Waals surface area contributed by atoms with Gasteiger partial charge in [0.2, 0.25) is 0 Å². The molecule has 1 N–H and O–H groups in total. The van der Waals surface area contributed by atoms with Crippen LogP contribution in [0.1, 0.15) is 29.5 Å². The molecule has 0 aromatic heterocycles. The molecule has 1 aliphatic heterocycles. The van der Waals surface area contributed by atoms with E-state index in [1.807, 2.05) is 12.1 Å². The third-order valence-corrected chi connectivity index (χ3v) is 5.14. The molecule has 2 aromatic rings. The average molecular weight is 327 g/mol.